The van der Waals surface area contributed by atoms with Crippen molar-refractivity contribution in [3.8, 4) is 5.75 Å². The molecule has 20 heavy (non-hydrogen) atoms. The van der Waals surface area contributed by atoms with Crippen molar-refractivity contribution in [2.75, 3.05) is 12.4 Å². The van der Waals surface area contributed by atoms with Gasteiger partial charge in [-0.25, -0.2) is 4.39 Å². The van der Waals surface area contributed by atoms with Crippen LogP contribution in [0.4, 0.5) is 10.1 Å². The molecule has 0 bridgehead atoms. The van der Waals surface area contributed by atoms with Crippen LogP contribution in [0.2, 0.25) is 5.02 Å². The van der Waals surface area contributed by atoms with Crippen LogP contribution in [0.25, 0.3) is 0 Å². The minimum atomic E-state index is -0.491. The van der Waals surface area contributed by atoms with Gasteiger partial charge >= 0.3 is 0 Å². The van der Waals surface area contributed by atoms with Gasteiger partial charge in [0.1, 0.15) is 11.6 Å². The summed E-state index contributed by atoms with van der Waals surface area (Å²) >= 11 is 9.21. The van der Waals surface area contributed by atoms with Crippen molar-refractivity contribution in [2.24, 2.45) is 0 Å². The molecule has 0 radical (unpaired) electrons. The Morgan fingerprint density at radius 3 is 2.75 bits per heavy atom. The van der Waals surface area contributed by atoms with Crippen LogP contribution >= 0.6 is 27.5 Å². The molecule has 0 aliphatic carbocycles. The number of halogens is 3. The lowest BCUT2D eigenvalue weighted by Crippen LogP contribution is -2.13. The van der Waals surface area contributed by atoms with Gasteiger partial charge in [0.05, 0.1) is 23.4 Å². The Bertz CT molecular complexity index is 664. The molecule has 6 heteroatoms. The van der Waals surface area contributed by atoms with Gasteiger partial charge in [-0.15, -0.1) is 0 Å². The van der Waals surface area contributed by atoms with E-state index in [-0.39, 0.29) is 5.56 Å². The van der Waals surface area contributed by atoms with Gasteiger partial charge in [-0.3, -0.25) is 4.79 Å². The van der Waals surface area contributed by atoms with Crippen molar-refractivity contribution in [1.82, 2.24) is 0 Å². The molecular formula is C14H10BrClFNO2. The smallest absolute Gasteiger partial charge is 0.256 e. The molecule has 3 nitrogen and oxygen atoms in total. The summed E-state index contributed by atoms with van der Waals surface area (Å²) in [6.45, 7) is 0. The highest BCUT2D eigenvalue weighted by Gasteiger charge is 2.13. The van der Waals surface area contributed by atoms with Crippen LogP contribution in [0.1, 0.15) is 10.4 Å². The number of benzene rings is 2. The first-order chi connectivity index (χ1) is 9.51. The zero-order valence-corrected chi connectivity index (χ0v) is 12.8. The number of methoxy groups -OCH3 is 1. The first-order valence-corrected chi connectivity index (χ1v) is 6.78. The van der Waals surface area contributed by atoms with E-state index in [1.54, 1.807) is 18.2 Å². The second-order valence-electron chi connectivity index (χ2n) is 3.92. The molecule has 0 heterocycles. The van der Waals surface area contributed by atoms with E-state index < -0.39 is 11.7 Å². The van der Waals surface area contributed by atoms with E-state index in [4.69, 9.17) is 16.3 Å². The van der Waals surface area contributed by atoms with Crippen molar-refractivity contribution in [2.45, 2.75) is 0 Å². The highest BCUT2D eigenvalue weighted by Crippen LogP contribution is 2.28. The van der Waals surface area contributed by atoms with Gasteiger partial charge in [0.15, 0.2) is 0 Å². The Morgan fingerprint density at radius 1 is 1.30 bits per heavy atom. The predicted molar refractivity (Wildman–Crippen MR) is 80.1 cm³/mol. The molecule has 0 saturated heterocycles. The molecule has 0 aromatic heterocycles. The molecule has 0 spiro atoms. The van der Waals surface area contributed by atoms with Crippen molar-refractivity contribution >= 4 is 39.1 Å². The van der Waals surface area contributed by atoms with E-state index in [1.165, 1.54) is 19.2 Å². The maximum Gasteiger partial charge on any atom is 0.256 e. The second-order valence-corrected chi connectivity index (χ2v) is 5.19. The molecule has 2 rings (SSSR count). The number of rotatable bonds is 3. The number of amides is 1. The van der Waals surface area contributed by atoms with Crippen molar-refractivity contribution < 1.29 is 13.9 Å². The van der Waals surface area contributed by atoms with Gasteiger partial charge in [-0.1, -0.05) is 11.6 Å². The summed E-state index contributed by atoms with van der Waals surface area (Å²) < 4.78 is 18.8. The van der Waals surface area contributed by atoms with Crippen LogP contribution in [0.5, 0.6) is 5.75 Å². The fraction of sp³-hybridized carbons (Fsp3) is 0.0714. The molecular weight excluding hydrogens is 349 g/mol. The lowest BCUT2D eigenvalue weighted by Gasteiger charge is -2.10. The third kappa shape index (κ3) is 3.29. The minimum Gasteiger partial charge on any atom is -0.497 e. The van der Waals surface area contributed by atoms with Gasteiger partial charge < -0.3 is 10.1 Å². The Morgan fingerprint density at radius 2 is 2.05 bits per heavy atom. The zero-order chi connectivity index (χ0) is 14.7. The standard InChI is InChI=1S/C14H10BrClFNO2/c1-20-9-3-5-12(16)13(7-9)18-14(19)10-6-8(17)2-4-11(10)15/h2-7H,1H3,(H,18,19). The third-order valence-electron chi connectivity index (χ3n) is 2.59. The van der Waals surface area contributed by atoms with Crippen molar-refractivity contribution in [1.29, 1.82) is 0 Å². The maximum absolute atomic E-state index is 13.2. The molecule has 0 aliphatic heterocycles. The van der Waals surface area contributed by atoms with Gasteiger partial charge in [-0.05, 0) is 46.3 Å². The number of hydrogen-bond acceptors (Lipinski definition) is 2. The summed E-state index contributed by atoms with van der Waals surface area (Å²) in [5.41, 5.74) is 0.580. The first-order valence-electron chi connectivity index (χ1n) is 5.61. The fourth-order valence-corrected chi connectivity index (χ4v) is 2.18. The minimum absolute atomic E-state index is 0.184. The summed E-state index contributed by atoms with van der Waals surface area (Å²) in [5.74, 6) is -0.398. The number of anilines is 1. The monoisotopic (exact) mass is 357 g/mol. The number of carbonyl (C=O) groups is 1. The predicted octanol–water partition coefficient (Wildman–Crippen LogP) is 4.50. The largest absolute Gasteiger partial charge is 0.497 e. The highest BCUT2D eigenvalue weighted by atomic mass is 79.9. The molecule has 2 aromatic rings. The summed E-state index contributed by atoms with van der Waals surface area (Å²) in [6, 6.07) is 8.75. The average molecular weight is 359 g/mol. The lowest BCUT2D eigenvalue weighted by molar-refractivity contribution is 0.102. The van der Waals surface area contributed by atoms with Gasteiger partial charge in [0.25, 0.3) is 5.91 Å². The van der Waals surface area contributed by atoms with Crippen LogP contribution in [0.3, 0.4) is 0 Å². The molecule has 1 N–H and O–H groups in total. The zero-order valence-electron chi connectivity index (χ0n) is 10.4. The Kier molecular flexibility index (Phi) is 4.62. The van der Waals surface area contributed by atoms with Crippen molar-refractivity contribution in [3.63, 3.8) is 0 Å². The van der Waals surface area contributed by atoms with Crippen LogP contribution in [-0.2, 0) is 0 Å². The van der Waals surface area contributed by atoms with Gasteiger partial charge in [0.2, 0.25) is 0 Å². The average Bonchev–Trinajstić information content (AvgIpc) is 2.43. The molecule has 0 fully saturated rings. The van der Waals surface area contributed by atoms with E-state index in [1.807, 2.05) is 0 Å². The molecule has 2 aromatic carbocycles. The maximum atomic E-state index is 13.2. The normalized spacial score (nSPS) is 10.2. The van der Waals surface area contributed by atoms with Crippen molar-refractivity contribution in [3.05, 3.63) is 57.3 Å². The molecule has 0 unspecified atom stereocenters. The van der Waals surface area contributed by atoms with E-state index in [9.17, 15) is 9.18 Å². The van der Waals surface area contributed by atoms with E-state index in [2.05, 4.69) is 21.2 Å². The number of nitrogens with one attached hydrogen (secondary N) is 1. The van der Waals surface area contributed by atoms with Gasteiger partial charge in [-0.2, -0.15) is 0 Å². The van der Waals surface area contributed by atoms with E-state index >= 15 is 0 Å². The molecule has 1 amide bonds. The molecule has 0 atom stereocenters. The van der Waals surface area contributed by atoms with Crippen LogP contribution < -0.4 is 10.1 Å². The van der Waals surface area contributed by atoms with Crippen LogP contribution in [0, 0.1) is 5.82 Å². The third-order valence-corrected chi connectivity index (χ3v) is 3.62. The number of hydrogen-bond donors (Lipinski definition) is 1. The van der Waals surface area contributed by atoms with Gasteiger partial charge in [0, 0.05) is 10.5 Å². The fourth-order valence-electron chi connectivity index (χ4n) is 1.59. The lowest BCUT2D eigenvalue weighted by atomic mass is 10.2. The Balaban J connectivity index is 2.30. The Labute approximate surface area is 128 Å². The number of carbonyl (C=O) groups excluding carboxylic acids is 1. The molecule has 0 aliphatic rings. The molecule has 104 valence electrons. The summed E-state index contributed by atoms with van der Waals surface area (Å²) in [5, 5.41) is 2.99. The second kappa shape index (κ2) is 6.24. The summed E-state index contributed by atoms with van der Waals surface area (Å²) in [7, 11) is 1.51. The SMILES string of the molecule is COc1ccc(Cl)c(NC(=O)c2cc(F)ccc2Br)c1. The summed E-state index contributed by atoms with van der Waals surface area (Å²) in [6.07, 6.45) is 0. The van der Waals surface area contributed by atoms with E-state index in [0.29, 0.717) is 20.9 Å². The quantitative estimate of drug-likeness (QED) is 0.877. The van der Waals surface area contributed by atoms with Crippen LogP contribution in [-0.4, -0.2) is 13.0 Å². The van der Waals surface area contributed by atoms with Crippen LogP contribution in [0.15, 0.2) is 40.9 Å². The molecule has 0 saturated carbocycles. The number of ether oxygens (including phenoxy) is 1. The topological polar surface area (TPSA) is 38.3 Å². The van der Waals surface area contributed by atoms with E-state index in [0.717, 1.165) is 6.07 Å². The Hall–Kier alpha value is -1.59. The first kappa shape index (κ1) is 14.8. The summed E-state index contributed by atoms with van der Waals surface area (Å²) in [4.78, 5) is 12.1. The highest BCUT2D eigenvalue weighted by molar-refractivity contribution is 9.10.